The first-order valence-corrected chi connectivity index (χ1v) is 8.06. The van der Waals surface area contributed by atoms with Gasteiger partial charge in [-0.05, 0) is 13.0 Å². The average Bonchev–Trinajstić information content (AvgIpc) is 3.04. The lowest BCUT2D eigenvalue weighted by atomic mass is 10.2. The Morgan fingerprint density at radius 3 is 2.90 bits per heavy atom. The molecule has 20 heavy (non-hydrogen) atoms. The molecule has 0 unspecified atom stereocenters. The summed E-state index contributed by atoms with van der Waals surface area (Å²) in [6.45, 7) is 1.99. The van der Waals surface area contributed by atoms with Crippen LogP contribution in [-0.2, 0) is 4.79 Å². The maximum absolute atomic E-state index is 12.2. The van der Waals surface area contributed by atoms with Crippen molar-refractivity contribution < 1.29 is 9.53 Å². The summed E-state index contributed by atoms with van der Waals surface area (Å²) >= 11 is 3.15. The highest BCUT2D eigenvalue weighted by molar-refractivity contribution is 8.00. The number of amides is 1. The molecule has 0 spiro atoms. The third-order valence-electron chi connectivity index (χ3n) is 3.09. The molecule has 2 aromatic rings. The molecule has 1 aromatic heterocycles. The number of ether oxygens (including phenoxy) is 1. The summed E-state index contributed by atoms with van der Waals surface area (Å²) in [5, 5.41) is 0.692. The molecule has 0 radical (unpaired) electrons. The molecule has 1 aliphatic rings. The molecule has 2 heterocycles. The van der Waals surface area contributed by atoms with Crippen molar-refractivity contribution in [1.82, 2.24) is 4.98 Å². The smallest absolute Gasteiger partial charge is 0.240 e. The van der Waals surface area contributed by atoms with Gasteiger partial charge < -0.3 is 4.74 Å². The number of aromatic nitrogens is 1. The molecule has 3 rings (SSSR count). The van der Waals surface area contributed by atoms with Gasteiger partial charge in [-0.1, -0.05) is 18.2 Å². The van der Waals surface area contributed by atoms with E-state index in [-0.39, 0.29) is 11.3 Å². The monoisotopic (exact) mass is 306 g/mol. The van der Waals surface area contributed by atoms with Crippen LogP contribution in [0.1, 0.15) is 15.8 Å². The fourth-order valence-corrected chi connectivity index (χ4v) is 4.24. The summed E-state index contributed by atoms with van der Waals surface area (Å²) in [6.07, 6.45) is 1.80. The van der Waals surface area contributed by atoms with Gasteiger partial charge in [-0.25, -0.2) is 4.98 Å². The molecule has 1 saturated heterocycles. The lowest BCUT2D eigenvalue weighted by molar-refractivity contribution is -0.115. The molecule has 104 valence electrons. The number of carbonyl (C=O) groups excluding carboxylic acids is 1. The zero-order valence-corrected chi connectivity index (χ0v) is 12.8. The van der Waals surface area contributed by atoms with Gasteiger partial charge in [0.1, 0.15) is 11.1 Å². The fraction of sp³-hybridized carbons (Fsp3) is 0.286. The Balaban J connectivity index is 2.02. The van der Waals surface area contributed by atoms with Crippen molar-refractivity contribution in [2.75, 3.05) is 17.8 Å². The quantitative estimate of drug-likeness (QED) is 0.873. The molecule has 1 aromatic carbocycles. The number of rotatable bonds is 3. The highest BCUT2D eigenvalue weighted by atomic mass is 32.2. The molecule has 6 heteroatoms. The van der Waals surface area contributed by atoms with Crippen molar-refractivity contribution in [3.8, 4) is 5.75 Å². The van der Waals surface area contributed by atoms with Gasteiger partial charge in [-0.15, -0.1) is 23.1 Å². The molecule has 0 bridgehead atoms. The third kappa shape index (κ3) is 2.29. The second-order valence-corrected chi connectivity index (χ2v) is 6.70. The summed E-state index contributed by atoms with van der Waals surface area (Å²) in [5.41, 5.74) is 1.01. The Morgan fingerprint density at radius 1 is 1.40 bits per heavy atom. The van der Waals surface area contributed by atoms with Crippen LogP contribution in [-0.4, -0.2) is 23.8 Å². The van der Waals surface area contributed by atoms with E-state index in [1.54, 1.807) is 41.3 Å². The van der Waals surface area contributed by atoms with E-state index in [2.05, 4.69) is 4.98 Å². The fourth-order valence-electron chi connectivity index (χ4n) is 2.19. The standard InChI is InChI=1S/C14H14N2O2S2/c1-9-7-15-14(20-9)16-12(17)8-19-13(16)10-5-3-4-6-11(10)18-2/h3-7,13H,8H2,1-2H3/t13-/m1/s1. The van der Waals surface area contributed by atoms with E-state index in [4.69, 9.17) is 4.74 Å². The minimum atomic E-state index is -0.0656. The Kier molecular flexibility index (Phi) is 3.67. The van der Waals surface area contributed by atoms with E-state index < -0.39 is 0 Å². The second kappa shape index (κ2) is 5.46. The third-order valence-corrected chi connectivity index (χ3v) is 5.19. The maximum Gasteiger partial charge on any atom is 0.240 e. The summed E-state index contributed by atoms with van der Waals surface area (Å²) in [5.74, 6) is 1.37. The molecule has 1 fully saturated rings. The number of benzene rings is 1. The van der Waals surface area contributed by atoms with Gasteiger partial charge in [0.25, 0.3) is 0 Å². The van der Waals surface area contributed by atoms with Gasteiger partial charge in [-0.3, -0.25) is 9.69 Å². The lowest BCUT2D eigenvalue weighted by Gasteiger charge is -2.23. The summed E-state index contributed by atoms with van der Waals surface area (Å²) in [6, 6.07) is 7.82. The van der Waals surface area contributed by atoms with E-state index >= 15 is 0 Å². The van der Waals surface area contributed by atoms with Crippen molar-refractivity contribution >= 4 is 34.1 Å². The Morgan fingerprint density at radius 2 is 2.20 bits per heavy atom. The number of hydrogen-bond donors (Lipinski definition) is 0. The van der Waals surface area contributed by atoms with Crippen LogP contribution in [0.3, 0.4) is 0 Å². The van der Waals surface area contributed by atoms with Crippen LogP contribution >= 0.6 is 23.1 Å². The molecule has 0 aliphatic carbocycles. The first kappa shape index (κ1) is 13.5. The van der Waals surface area contributed by atoms with Crippen LogP contribution in [0.4, 0.5) is 5.13 Å². The van der Waals surface area contributed by atoms with Crippen molar-refractivity contribution in [2.24, 2.45) is 0 Å². The lowest BCUT2D eigenvalue weighted by Crippen LogP contribution is -2.27. The highest BCUT2D eigenvalue weighted by Crippen LogP contribution is 2.45. The molecular weight excluding hydrogens is 292 g/mol. The van der Waals surface area contributed by atoms with E-state index in [0.29, 0.717) is 5.75 Å². The van der Waals surface area contributed by atoms with Crippen LogP contribution in [0.25, 0.3) is 0 Å². The van der Waals surface area contributed by atoms with Crippen molar-refractivity contribution in [2.45, 2.75) is 12.3 Å². The topological polar surface area (TPSA) is 42.4 Å². The maximum atomic E-state index is 12.2. The van der Waals surface area contributed by atoms with Gasteiger partial charge in [0.15, 0.2) is 5.13 Å². The molecule has 1 aliphatic heterocycles. The second-order valence-electron chi connectivity index (χ2n) is 4.42. The molecule has 0 saturated carbocycles. The average molecular weight is 306 g/mol. The van der Waals surface area contributed by atoms with Crippen molar-refractivity contribution in [1.29, 1.82) is 0 Å². The Bertz CT molecular complexity index is 642. The predicted molar refractivity (Wildman–Crippen MR) is 82.5 cm³/mol. The van der Waals surface area contributed by atoms with E-state index in [1.807, 2.05) is 31.2 Å². The van der Waals surface area contributed by atoms with Crippen LogP contribution in [0.2, 0.25) is 0 Å². The van der Waals surface area contributed by atoms with E-state index in [9.17, 15) is 4.79 Å². The van der Waals surface area contributed by atoms with Gasteiger partial charge in [0.05, 0.1) is 12.9 Å². The normalized spacial score (nSPS) is 18.6. The Labute approximate surface area is 125 Å². The van der Waals surface area contributed by atoms with Crippen LogP contribution in [0.15, 0.2) is 30.5 Å². The SMILES string of the molecule is COc1ccccc1[C@H]1SCC(=O)N1c1ncc(C)s1. The number of aryl methyl sites for hydroxylation is 1. The van der Waals surface area contributed by atoms with Gasteiger partial charge in [0, 0.05) is 16.6 Å². The van der Waals surface area contributed by atoms with Crippen LogP contribution in [0, 0.1) is 6.92 Å². The number of methoxy groups -OCH3 is 1. The number of thioether (sulfide) groups is 1. The van der Waals surface area contributed by atoms with Crippen molar-refractivity contribution in [3.05, 3.63) is 40.9 Å². The zero-order valence-electron chi connectivity index (χ0n) is 11.2. The highest BCUT2D eigenvalue weighted by Gasteiger charge is 2.37. The molecule has 4 nitrogen and oxygen atoms in total. The van der Waals surface area contributed by atoms with Gasteiger partial charge in [-0.2, -0.15) is 0 Å². The largest absolute Gasteiger partial charge is 0.496 e. The number of thiazole rings is 1. The predicted octanol–water partition coefficient (Wildman–Crippen LogP) is 3.24. The minimum Gasteiger partial charge on any atom is -0.496 e. The number of anilines is 1. The first-order valence-electron chi connectivity index (χ1n) is 6.19. The summed E-state index contributed by atoms with van der Waals surface area (Å²) in [4.78, 5) is 19.4. The summed E-state index contributed by atoms with van der Waals surface area (Å²) < 4.78 is 5.41. The van der Waals surface area contributed by atoms with Crippen LogP contribution < -0.4 is 9.64 Å². The molecule has 0 N–H and O–H groups in total. The number of carbonyl (C=O) groups is 1. The minimum absolute atomic E-state index is 0.0656. The number of hydrogen-bond acceptors (Lipinski definition) is 5. The number of nitrogens with zero attached hydrogens (tertiary/aromatic N) is 2. The molecule has 1 atom stereocenters. The van der Waals surface area contributed by atoms with Crippen molar-refractivity contribution in [3.63, 3.8) is 0 Å². The molecular formula is C14H14N2O2S2. The van der Waals surface area contributed by atoms with Gasteiger partial charge in [0.2, 0.25) is 5.91 Å². The zero-order chi connectivity index (χ0) is 14.1. The summed E-state index contributed by atoms with van der Waals surface area (Å²) in [7, 11) is 1.65. The molecule has 1 amide bonds. The Hall–Kier alpha value is -1.53. The van der Waals surface area contributed by atoms with Crippen LogP contribution in [0.5, 0.6) is 5.75 Å². The van der Waals surface area contributed by atoms with E-state index in [1.165, 1.54) is 0 Å². The van der Waals surface area contributed by atoms with Gasteiger partial charge >= 0.3 is 0 Å². The number of para-hydroxylation sites is 1. The van der Waals surface area contributed by atoms with E-state index in [0.717, 1.165) is 21.3 Å². The first-order chi connectivity index (χ1) is 9.70.